The quantitative estimate of drug-likeness (QED) is 0.150. The topological polar surface area (TPSA) is 54.8 Å². The predicted octanol–water partition coefficient (Wildman–Crippen LogP) is 11.6. The maximum atomic E-state index is 5.70. The molecule has 0 N–H and O–H groups in total. The zero-order valence-corrected chi connectivity index (χ0v) is 28.4. The van der Waals surface area contributed by atoms with Gasteiger partial charge in [-0.1, -0.05) is 158 Å². The summed E-state index contributed by atoms with van der Waals surface area (Å²) >= 11 is 1.23. The van der Waals surface area contributed by atoms with Crippen LogP contribution in [0.2, 0.25) is 0 Å². The van der Waals surface area contributed by atoms with Gasteiger partial charge in [-0.2, -0.15) is 8.75 Å². The van der Waals surface area contributed by atoms with Crippen molar-refractivity contribution in [3.63, 3.8) is 0 Å². The molecule has 0 spiro atoms. The average molecular weight is 674 g/mol. The largest absolute Gasteiger partial charge is 0.306 e. The second kappa shape index (κ2) is 13.4. The van der Waals surface area contributed by atoms with Crippen LogP contribution in [-0.4, -0.2) is 18.7 Å². The van der Waals surface area contributed by atoms with Gasteiger partial charge in [0, 0.05) is 34.0 Å². The maximum absolute atomic E-state index is 5.70. The smallest absolute Gasteiger partial charge is 0.131 e. The summed E-state index contributed by atoms with van der Waals surface area (Å²) in [5.74, 6) is -0.183. The van der Waals surface area contributed by atoms with E-state index in [9.17, 15) is 0 Å². The number of anilines is 3. The third kappa shape index (κ3) is 5.62. The van der Waals surface area contributed by atoms with Gasteiger partial charge in [-0.05, 0) is 35.4 Å². The number of hydrogen-bond donors (Lipinski definition) is 0. The predicted molar refractivity (Wildman–Crippen MR) is 210 cm³/mol. The van der Waals surface area contributed by atoms with Crippen molar-refractivity contribution in [2.75, 3.05) is 4.90 Å². The van der Waals surface area contributed by atoms with Crippen LogP contribution in [0.3, 0.4) is 0 Å². The SMILES string of the molecule is c1ccc(-c2nc3c(C(c4ccccc4)c4ccccc4)c4nsnc4c(N(c4ccccc4)c4ccccc4)c3nc2-c2ccccc2)cc1. The summed E-state index contributed by atoms with van der Waals surface area (Å²) in [5, 5.41) is 0. The molecule has 0 bridgehead atoms. The van der Waals surface area contributed by atoms with Crippen LogP contribution in [0.5, 0.6) is 0 Å². The van der Waals surface area contributed by atoms with Gasteiger partial charge >= 0.3 is 0 Å². The summed E-state index contributed by atoms with van der Waals surface area (Å²) in [6, 6.07) is 62.8. The van der Waals surface area contributed by atoms with E-state index in [1.165, 1.54) is 11.7 Å². The summed E-state index contributed by atoms with van der Waals surface area (Å²) in [7, 11) is 0. The van der Waals surface area contributed by atoms with E-state index in [1.54, 1.807) is 0 Å². The molecule has 0 aliphatic carbocycles. The Hall–Kier alpha value is -6.50. The van der Waals surface area contributed by atoms with Crippen LogP contribution < -0.4 is 4.90 Å². The Morgan fingerprint density at radius 1 is 0.392 bits per heavy atom. The highest BCUT2D eigenvalue weighted by Crippen LogP contribution is 2.48. The van der Waals surface area contributed by atoms with Crippen molar-refractivity contribution in [3.05, 3.63) is 199 Å². The van der Waals surface area contributed by atoms with Gasteiger partial charge in [0.15, 0.2) is 0 Å². The van der Waals surface area contributed by atoms with E-state index in [0.29, 0.717) is 0 Å². The van der Waals surface area contributed by atoms with E-state index >= 15 is 0 Å². The minimum atomic E-state index is -0.183. The van der Waals surface area contributed by atoms with Gasteiger partial charge in [-0.25, -0.2) is 9.97 Å². The van der Waals surface area contributed by atoms with Gasteiger partial charge in [0.05, 0.1) is 28.6 Å². The molecule has 5 nitrogen and oxygen atoms in total. The van der Waals surface area contributed by atoms with Crippen molar-refractivity contribution in [1.29, 1.82) is 0 Å². The highest BCUT2D eigenvalue weighted by Gasteiger charge is 2.32. The van der Waals surface area contributed by atoms with Crippen LogP contribution in [-0.2, 0) is 0 Å². The Morgan fingerprint density at radius 3 is 1.25 bits per heavy atom. The van der Waals surface area contributed by atoms with Crippen LogP contribution in [0.25, 0.3) is 44.6 Å². The van der Waals surface area contributed by atoms with E-state index in [1.807, 2.05) is 24.3 Å². The van der Waals surface area contributed by atoms with E-state index in [4.69, 9.17) is 18.7 Å². The molecule has 2 aromatic heterocycles. The summed E-state index contributed by atoms with van der Waals surface area (Å²) in [4.78, 5) is 13.6. The highest BCUT2D eigenvalue weighted by atomic mass is 32.1. The zero-order chi connectivity index (χ0) is 34.0. The van der Waals surface area contributed by atoms with Gasteiger partial charge in [0.25, 0.3) is 0 Å². The van der Waals surface area contributed by atoms with Gasteiger partial charge in [0.2, 0.25) is 0 Å². The second-order valence-corrected chi connectivity index (χ2v) is 12.9. The second-order valence-electron chi connectivity index (χ2n) is 12.3. The lowest BCUT2D eigenvalue weighted by atomic mass is 9.83. The van der Waals surface area contributed by atoms with Crippen LogP contribution in [0.1, 0.15) is 22.6 Å². The van der Waals surface area contributed by atoms with Crippen LogP contribution in [0, 0.1) is 0 Å². The molecule has 0 saturated heterocycles. The lowest BCUT2D eigenvalue weighted by Gasteiger charge is -2.28. The number of para-hydroxylation sites is 2. The van der Waals surface area contributed by atoms with E-state index < -0.39 is 0 Å². The Bertz CT molecular complexity index is 2300. The van der Waals surface area contributed by atoms with Crippen molar-refractivity contribution in [1.82, 2.24) is 18.7 Å². The van der Waals surface area contributed by atoms with E-state index in [2.05, 4.69) is 163 Å². The van der Waals surface area contributed by atoms with Crippen LogP contribution in [0.4, 0.5) is 17.1 Å². The zero-order valence-electron chi connectivity index (χ0n) is 27.5. The monoisotopic (exact) mass is 673 g/mol. The van der Waals surface area contributed by atoms with E-state index in [-0.39, 0.29) is 5.92 Å². The molecule has 9 aromatic rings. The van der Waals surface area contributed by atoms with Gasteiger partial charge < -0.3 is 4.90 Å². The minimum Gasteiger partial charge on any atom is -0.306 e. The summed E-state index contributed by atoms with van der Waals surface area (Å²) in [6.45, 7) is 0. The number of aromatic nitrogens is 4. The fourth-order valence-electron chi connectivity index (χ4n) is 6.99. The summed E-state index contributed by atoms with van der Waals surface area (Å²) in [5.41, 5.74) is 12.9. The Labute approximate surface area is 300 Å². The van der Waals surface area contributed by atoms with E-state index in [0.717, 1.165) is 78.3 Å². The molecule has 0 radical (unpaired) electrons. The first kappa shape index (κ1) is 30.6. The fourth-order valence-corrected chi connectivity index (χ4v) is 7.55. The Kier molecular flexibility index (Phi) is 8.04. The molecule has 242 valence electrons. The Balaban J connectivity index is 1.49. The molecule has 0 unspecified atom stereocenters. The molecule has 0 aliphatic heterocycles. The molecule has 0 saturated carbocycles. The van der Waals surface area contributed by atoms with Gasteiger partial charge in [-0.15, -0.1) is 0 Å². The summed E-state index contributed by atoms with van der Waals surface area (Å²) < 4.78 is 10.2. The lowest BCUT2D eigenvalue weighted by molar-refractivity contribution is 0.990. The third-order valence-electron chi connectivity index (χ3n) is 9.24. The van der Waals surface area contributed by atoms with Crippen molar-refractivity contribution < 1.29 is 0 Å². The van der Waals surface area contributed by atoms with Gasteiger partial charge in [0.1, 0.15) is 22.2 Å². The van der Waals surface area contributed by atoms with Gasteiger partial charge in [-0.3, -0.25) is 0 Å². The molecule has 0 amide bonds. The van der Waals surface area contributed by atoms with Crippen LogP contribution in [0.15, 0.2) is 182 Å². The molecule has 6 heteroatoms. The molecular formula is C45H31N5S. The number of fused-ring (bicyclic) bond motifs is 2. The number of benzene rings is 7. The van der Waals surface area contributed by atoms with Crippen molar-refractivity contribution in [2.24, 2.45) is 0 Å². The first-order valence-electron chi connectivity index (χ1n) is 17.0. The molecule has 0 aliphatic rings. The lowest BCUT2D eigenvalue weighted by Crippen LogP contribution is -2.14. The van der Waals surface area contributed by atoms with Crippen molar-refractivity contribution in [3.8, 4) is 22.5 Å². The number of nitrogens with zero attached hydrogens (tertiary/aromatic N) is 5. The first-order valence-corrected chi connectivity index (χ1v) is 17.7. The molecule has 7 aromatic carbocycles. The number of hydrogen-bond acceptors (Lipinski definition) is 6. The molecule has 51 heavy (non-hydrogen) atoms. The normalized spacial score (nSPS) is 11.3. The van der Waals surface area contributed by atoms with Crippen LogP contribution >= 0.6 is 11.7 Å². The fraction of sp³-hybridized carbons (Fsp3) is 0.0222. The first-order chi connectivity index (χ1) is 25.3. The minimum absolute atomic E-state index is 0.183. The highest BCUT2D eigenvalue weighted by molar-refractivity contribution is 7.00. The Morgan fingerprint density at radius 2 is 0.784 bits per heavy atom. The molecule has 0 atom stereocenters. The molecular weight excluding hydrogens is 643 g/mol. The molecule has 9 rings (SSSR count). The molecule has 2 heterocycles. The van der Waals surface area contributed by atoms with Crippen molar-refractivity contribution >= 4 is 50.9 Å². The summed E-state index contributed by atoms with van der Waals surface area (Å²) in [6.07, 6.45) is 0. The molecule has 0 fully saturated rings. The standard InChI is InChI=1S/C45H31N5S/c1-7-19-31(20-8-1)37(32-21-9-2-10-22-32)38-41-43(47-40(34-25-13-4-14-26-34)39(46-41)33-23-11-3-12-24-33)45(44-42(38)48-51-49-44)50(35-27-15-5-16-28-35)36-29-17-6-18-30-36/h1-30,37H. The number of rotatable bonds is 8. The third-order valence-corrected chi connectivity index (χ3v) is 9.77. The maximum Gasteiger partial charge on any atom is 0.131 e. The van der Waals surface area contributed by atoms with Crippen molar-refractivity contribution in [2.45, 2.75) is 5.92 Å². The average Bonchev–Trinajstić information content (AvgIpc) is 3.70.